The summed E-state index contributed by atoms with van der Waals surface area (Å²) in [6.07, 6.45) is 9.90. The monoisotopic (exact) mass is 220 g/mol. The molecule has 1 aromatic rings. The number of hydrogen-bond donors (Lipinski definition) is 0. The van der Waals surface area contributed by atoms with Crippen molar-refractivity contribution in [2.45, 2.75) is 52.0 Å². The number of aromatic nitrogens is 2. The zero-order chi connectivity index (χ0) is 11.5. The molecule has 88 valence electrons. The summed E-state index contributed by atoms with van der Waals surface area (Å²) in [6.45, 7) is 3.86. The first-order valence-corrected chi connectivity index (χ1v) is 6.25. The van der Waals surface area contributed by atoms with Crippen molar-refractivity contribution in [3.8, 4) is 0 Å². The van der Waals surface area contributed by atoms with Crippen LogP contribution in [-0.4, -0.2) is 15.6 Å². The van der Waals surface area contributed by atoms with Crippen LogP contribution < -0.4 is 0 Å². The van der Waals surface area contributed by atoms with E-state index in [1.165, 1.54) is 32.1 Å². The second kappa shape index (κ2) is 4.81. The van der Waals surface area contributed by atoms with E-state index in [1.54, 1.807) is 13.1 Å². The predicted octanol–water partition coefficient (Wildman–Crippen LogP) is 3.23. The summed E-state index contributed by atoms with van der Waals surface area (Å²) >= 11 is 0. The van der Waals surface area contributed by atoms with Crippen LogP contribution in [0.1, 0.15) is 62.4 Å². The Labute approximate surface area is 96.8 Å². The summed E-state index contributed by atoms with van der Waals surface area (Å²) in [5.74, 6) is 1.01. The van der Waals surface area contributed by atoms with Gasteiger partial charge < -0.3 is 0 Å². The molecule has 2 rings (SSSR count). The van der Waals surface area contributed by atoms with Gasteiger partial charge >= 0.3 is 0 Å². The average Bonchev–Trinajstić information content (AvgIpc) is 2.78. The largest absolute Gasteiger partial charge is 0.294 e. The standard InChI is InChI=1S/C13H20N2O/c1-3-11-4-6-13(7-5-11)15-9-12(8-14-15)10(2)16/h8-9,11,13H,3-7H2,1-2H3. The number of hydrogen-bond acceptors (Lipinski definition) is 2. The molecule has 0 aromatic carbocycles. The summed E-state index contributed by atoms with van der Waals surface area (Å²) in [5, 5.41) is 4.31. The molecule has 1 aliphatic rings. The van der Waals surface area contributed by atoms with Crippen LogP contribution in [0.4, 0.5) is 0 Å². The average molecular weight is 220 g/mol. The maximum absolute atomic E-state index is 11.2. The number of nitrogens with zero attached hydrogens (tertiary/aromatic N) is 2. The zero-order valence-corrected chi connectivity index (χ0v) is 10.1. The Morgan fingerprint density at radius 2 is 2.12 bits per heavy atom. The molecule has 0 amide bonds. The molecular formula is C13H20N2O. The van der Waals surface area contributed by atoms with Gasteiger partial charge in [-0.2, -0.15) is 5.10 Å². The Hall–Kier alpha value is -1.12. The minimum absolute atomic E-state index is 0.105. The molecular weight excluding hydrogens is 200 g/mol. The number of carbonyl (C=O) groups excluding carboxylic acids is 1. The lowest BCUT2D eigenvalue weighted by Crippen LogP contribution is -2.18. The van der Waals surface area contributed by atoms with Gasteiger partial charge in [0.05, 0.1) is 17.8 Å². The Kier molecular flexibility index (Phi) is 3.42. The highest BCUT2D eigenvalue weighted by Crippen LogP contribution is 2.33. The van der Waals surface area contributed by atoms with E-state index < -0.39 is 0 Å². The molecule has 1 saturated carbocycles. The van der Waals surface area contributed by atoms with E-state index in [1.807, 2.05) is 10.9 Å². The van der Waals surface area contributed by atoms with Gasteiger partial charge in [0.15, 0.2) is 5.78 Å². The molecule has 0 radical (unpaired) electrons. The second-order valence-electron chi connectivity index (χ2n) is 4.85. The maximum Gasteiger partial charge on any atom is 0.162 e. The summed E-state index contributed by atoms with van der Waals surface area (Å²) in [5.41, 5.74) is 0.734. The van der Waals surface area contributed by atoms with Gasteiger partial charge in [0.1, 0.15) is 0 Å². The minimum Gasteiger partial charge on any atom is -0.294 e. The van der Waals surface area contributed by atoms with Crippen LogP contribution in [-0.2, 0) is 0 Å². The molecule has 1 aliphatic carbocycles. The normalized spacial score (nSPS) is 25.6. The van der Waals surface area contributed by atoms with E-state index in [0.29, 0.717) is 6.04 Å². The van der Waals surface area contributed by atoms with E-state index >= 15 is 0 Å². The van der Waals surface area contributed by atoms with Gasteiger partial charge in [-0.05, 0) is 38.5 Å². The van der Waals surface area contributed by atoms with E-state index in [2.05, 4.69) is 12.0 Å². The fourth-order valence-corrected chi connectivity index (χ4v) is 2.54. The van der Waals surface area contributed by atoms with E-state index in [0.717, 1.165) is 11.5 Å². The van der Waals surface area contributed by atoms with Crippen LogP contribution in [0, 0.1) is 5.92 Å². The smallest absolute Gasteiger partial charge is 0.162 e. The Balaban J connectivity index is 2.00. The maximum atomic E-state index is 11.2. The Morgan fingerprint density at radius 3 is 2.62 bits per heavy atom. The SMILES string of the molecule is CCC1CCC(n2cc(C(C)=O)cn2)CC1. The van der Waals surface area contributed by atoms with Crippen LogP contribution >= 0.6 is 0 Å². The Bertz CT molecular complexity index is 362. The molecule has 0 aliphatic heterocycles. The molecule has 0 spiro atoms. The van der Waals surface area contributed by atoms with Gasteiger partial charge in [-0.3, -0.25) is 9.48 Å². The van der Waals surface area contributed by atoms with Crippen molar-refractivity contribution in [1.29, 1.82) is 0 Å². The van der Waals surface area contributed by atoms with Crippen molar-refractivity contribution in [3.05, 3.63) is 18.0 Å². The van der Waals surface area contributed by atoms with Crippen molar-refractivity contribution in [2.24, 2.45) is 5.92 Å². The van der Waals surface area contributed by atoms with E-state index in [4.69, 9.17) is 0 Å². The molecule has 0 saturated heterocycles. The fourth-order valence-electron chi connectivity index (χ4n) is 2.54. The molecule has 1 fully saturated rings. The number of Topliss-reactive ketones (excluding diaryl/α,β-unsaturated/α-hetero) is 1. The van der Waals surface area contributed by atoms with Gasteiger partial charge in [-0.1, -0.05) is 13.3 Å². The second-order valence-corrected chi connectivity index (χ2v) is 4.85. The number of carbonyl (C=O) groups is 1. The third-order valence-electron chi connectivity index (χ3n) is 3.78. The van der Waals surface area contributed by atoms with E-state index in [9.17, 15) is 4.79 Å². The first-order chi connectivity index (χ1) is 7.70. The molecule has 0 bridgehead atoms. The van der Waals surface area contributed by atoms with Crippen LogP contribution in [0.3, 0.4) is 0 Å². The minimum atomic E-state index is 0.105. The Morgan fingerprint density at radius 1 is 1.44 bits per heavy atom. The van der Waals surface area contributed by atoms with Gasteiger partial charge in [-0.15, -0.1) is 0 Å². The fraction of sp³-hybridized carbons (Fsp3) is 0.692. The first kappa shape index (κ1) is 11.4. The van der Waals surface area contributed by atoms with Crippen molar-refractivity contribution in [1.82, 2.24) is 9.78 Å². The number of rotatable bonds is 3. The van der Waals surface area contributed by atoms with Crippen LogP contribution in [0.15, 0.2) is 12.4 Å². The number of ketones is 1. The van der Waals surface area contributed by atoms with Gasteiger partial charge in [0, 0.05) is 6.20 Å². The first-order valence-electron chi connectivity index (χ1n) is 6.25. The molecule has 0 N–H and O–H groups in total. The van der Waals surface area contributed by atoms with Crippen molar-refractivity contribution in [3.63, 3.8) is 0 Å². The topological polar surface area (TPSA) is 34.9 Å². The van der Waals surface area contributed by atoms with Crippen molar-refractivity contribution < 1.29 is 4.79 Å². The highest BCUT2D eigenvalue weighted by atomic mass is 16.1. The van der Waals surface area contributed by atoms with Crippen LogP contribution in [0.25, 0.3) is 0 Å². The summed E-state index contributed by atoms with van der Waals surface area (Å²) in [4.78, 5) is 11.2. The summed E-state index contributed by atoms with van der Waals surface area (Å²) in [7, 11) is 0. The van der Waals surface area contributed by atoms with Crippen LogP contribution in [0.5, 0.6) is 0 Å². The van der Waals surface area contributed by atoms with Gasteiger partial charge in [0.25, 0.3) is 0 Å². The predicted molar refractivity (Wildman–Crippen MR) is 63.5 cm³/mol. The lowest BCUT2D eigenvalue weighted by Gasteiger charge is -2.27. The van der Waals surface area contributed by atoms with Crippen LogP contribution in [0.2, 0.25) is 0 Å². The molecule has 3 nitrogen and oxygen atoms in total. The van der Waals surface area contributed by atoms with Crippen molar-refractivity contribution >= 4 is 5.78 Å². The third-order valence-corrected chi connectivity index (χ3v) is 3.78. The zero-order valence-electron chi connectivity index (χ0n) is 10.1. The summed E-state index contributed by atoms with van der Waals surface area (Å²) in [6, 6.07) is 0.510. The van der Waals surface area contributed by atoms with Gasteiger partial charge in [0.2, 0.25) is 0 Å². The summed E-state index contributed by atoms with van der Waals surface area (Å²) < 4.78 is 1.99. The van der Waals surface area contributed by atoms with Gasteiger partial charge in [-0.25, -0.2) is 0 Å². The lowest BCUT2D eigenvalue weighted by atomic mass is 9.85. The quantitative estimate of drug-likeness (QED) is 0.733. The highest BCUT2D eigenvalue weighted by Gasteiger charge is 2.21. The lowest BCUT2D eigenvalue weighted by molar-refractivity contribution is 0.101. The molecule has 1 heterocycles. The van der Waals surface area contributed by atoms with E-state index in [-0.39, 0.29) is 5.78 Å². The highest BCUT2D eigenvalue weighted by molar-refractivity contribution is 5.93. The molecule has 0 unspecified atom stereocenters. The molecule has 3 heteroatoms. The molecule has 0 atom stereocenters. The molecule has 16 heavy (non-hydrogen) atoms. The molecule has 1 aromatic heterocycles. The third kappa shape index (κ3) is 2.34. The van der Waals surface area contributed by atoms with Crippen molar-refractivity contribution in [2.75, 3.05) is 0 Å².